The van der Waals surface area contributed by atoms with Gasteiger partial charge in [-0.25, -0.2) is 0 Å². The first-order valence-corrected chi connectivity index (χ1v) is 5.22. The van der Waals surface area contributed by atoms with Gasteiger partial charge in [-0.1, -0.05) is 38.1 Å². The van der Waals surface area contributed by atoms with Crippen LogP contribution in [0, 0.1) is 5.41 Å². The predicted molar refractivity (Wildman–Crippen MR) is 64.0 cm³/mol. The predicted octanol–water partition coefficient (Wildman–Crippen LogP) is 1.66. The topological polar surface area (TPSA) is 61.9 Å². The van der Waals surface area contributed by atoms with E-state index >= 15 is 0 Å². The van der Waals surface area contributed by atoms with Crippen LogP contribution in [0.5, 0.6) is 0 Å². The molecule has 0 aliphatic carbocycles. The standard InChI is InChI=1S/C12H19N3/c1-9(2)15-8-11-5-3-10(4-6-11)7-12(13)14/h3-6,9,15H,7-8H2,1-2H3,(H3,13,14). The van der Waals surface area contributed by atoms with Gasteiger partial charge in [0.15, 0.2) is 0 Å². The monoisotopic (exact) mass is 205 g/mol. The molecule has 0 bridgehead atoms. The normalized spacial score (nSPS) is 10.6. The van der Waals surface area contributed by atoms with Crippen molar-refractivity contribution in [1.29, 1.82) is 5.41 Å². The maximum atomic E-state index is 7.19. The van der Waals surface area contributed by atoms with Crippen molar-refractivity contribution in [1.82, 2.24) is 5.32 Å². The highest BCUT2D eigenvalue weighted by atomic mass is 14.9. The summed E-state index contributed by atoms with van der Waals surface area (Å²) < 4.78 is 0. The Hall–Kier alpha value is -1.35. The second-order valence-electron chi connectivity index (χ2n) is 4.05. The third-order valence-corrected chi connectivity index (χ3v) is 2.13. The van der Waals surface area contributed by atoms with E-state index in [1.165, 1.54) is 5.56 Å². The Kier molecular flexibility index (Phi) is 4.31. The minimum Gasteiger partial charge on any atom is -0.387 e. The summed E-state index contributed by atoms with van der Waals surface area (Å²) in [7, 11) is 0. The number of rotatable bonds is 5. The van der Waals surface area contributed by atoms with E-state index in [-0.39, 0.29) is 5.84 Å². The van der Waals surface area contributed by atoms with Gasteiger partial charge in [0.05, 0.1) is 5.84 Å². The summed E-state index contributed by atoms with van der Waals surface area (Å²) in [6.07, 6.45) is 0.540. The molecule has 15 heavy (non-hydrogen) atoms. The van der Waals surface area contributed by atoms with Gasteiger partial charge in [-0.3, -0.25) is 5.41 Å². The zero-order chi connectivity index (χ0) is 11.3. The minimum absolute atomic E-state index is 0.211. The Morgan fingerprint density at radius 1 is 1.27 bits per heavy atom. The summed E-state index contributed by atoms with van der Waals surface area (Å²) in [5, 5.41) is 10.5. The van der Waals surface area contributed by atoms with Gasteiger partial charge in [0, 0.05) is 19.0 Å². The molecular weight excluding hydrogens is 186 g/mol. The summed E-state index contributed by atoms with van der Waals surface area (Å²) in [5.74, 6) is 0.211. The smallest absolute Gasteiger partial charge is 0.0950 e. The van der Waals surface area contributed by atoms with E-state index in [0.29, 0.717) is 12.5 Å². The number of amidine groups is 1. The minimum atomic E-state index is 0.211. The number of hydrogen-bond acceptors (Lipinski definition) is 2. The second kappa shape index (κ2) is 5.51. The first-order valence-electron chi connectivity index (χ1n) is 5.22. The molecule has 0 atom stereocenters. The van der Waals surface area contributed by atoms with Gasteiger partial charge < -0.3 is 11.1 Å². The van der Waals surface area contributed by atoms with Crippen LogP contribution in [0.1, 0.15) is 25.0 Å². The Bertz CT molecular complexity index is 314. The van der Waals surface area contributed by atoms with E-state index in [4.69, 9.17) is 11.1 Å². The highest BCUT2D eigenvalue weighted by Gasteiger charge is 1.97. The summed E-state index contributed by atoms with van der Waals surface area (Å²) in [6, 6.07) is 8.71. The fourth-order valence-corrected chi connectivity index (χ4v) is 1.32. The Balaban J connectivity index is 2.52. The van der Waals surface area contributed by atoms with Crippen LogP contribution >= 0.6 is 0 Å². The van der Waals surface area contributed by atoms with E-state index in [2.05, 4.69) is 31.3 Å². The molecule has 3 nitrogen and oxygen atoms in total. The molecule has 1 aromatic carbocycles. The lowest BCUT2D eigenvalue weighted by Crippen LogP contribution is -2.21. The largest absolute Gasteiger partial charge is 0.387 e. The van der Waals surface area contributed by atoms with E-state index < -0.39 is 0 Å². The molecule has 0 saturated heterocycles. The van der Waals surface area contributed by atoms with Gasteiger partial charge in [-0.05, 0) is 11.1 Å². The summed E-state index contributed by atoms with van der Waals surface area (Å²) in [4.78, 5) is 0. The third kappa shape index (κ3) is 4.61. The van der Waals surface area contributed by atoms with Gasteiger partial charge in [-0.15, -0.1) is 0 Å². The lowest BCUT2D eigenvalue weighted by atomic mass is 10.1. The van der Waals surface area contributed by atoms with Crippen LogP contribution in [0.25, 0.3) is 0 Å². The van der Waals surface area contributed by atoms with Crippen molar-refractivity contribution in [3.05, 3.63) is 35.4 Å². The number of hydrogen-bond donors (Lipinski definition) is 3. The van der Waals surface area contributed by atoms with Crippen molar-refractivity contribution in [2.24, 2.45) is 5.73 Å². The van der Waals surface area contributed by atoms with Crippen molar-refractivity contribution >= 4 is 5.84 Å². The first-order chi connectivity index (χ1) is 7.08. The molecule has 0 spiro atoms. The average Bonchev–Trinajstić information content (AvgIpc) is 2.16. The maximum Gasteiger partial charge on any atom is 0.0950 e. The van der Waals surface area contributed by atoms with E-state index in [1.54, 1.807) is 0 Å². The molecule has 0 aliphatic heterocycles. The average molecular weight is 205 g/mol. The lowest BCUT2D eigenvalue weighted by Gasteiger charge is -2.08. The quantitative estimate of drug-likeness (QED) is 0.505. The first kappa shape index (κ1) is 11.7. The van der Waals surface area contributed by atoms with Crippen molar-refractivity contribution in [3.8, 4) is 0 Å². The number of benzene rings is 1. The highest BCUT2D eigenvalue weighted by Crippen LogP contribution is 2.05. The van der Waals surface area contributed by atoms with Gasteiger partial charge >= 0.3 is 0 Å². The molecule has 4 N–H and O–H groups in total. The van der Waals surface area contributed by atoms with Crippen LogP contribution in [-0.4, -0.2) is 11.9 Å². The molecule has 0 heterocycles. The maximum absolute atomic E-state index is 7.19. The summed E-state index contributed by atoms with van der Waals surface area (Å²) in [6.45, 7) is 5.15. The van der Waals surface area contributed by atoms with Gasteiger partial charge in [0.25, 0.3) is 0 Å². The van der Waals surface area contributed by atoms with Crippen LogP contribution in [0.3, 0.4) is 0 Å². The molecule has 0 radical (unpaired) electrons. The van der Waals surface area contributed by atoms with E-state index in [0.717, 1.165) is 12.1 Å². The zero-order valence-electron chi connectivity index (χ0n) is 9.38. The SMILES string of the molecule is CC(C)NCc1ccc(CC(=N)N)cc1. The number of nitrogens with one attached hydrogen (secondary N) is 2. The van der Waals surface area contributed by atoms with Crippen molar-refractivity contribution in [3.63, 3.8) is 0 Å². The van der Waals surface area contributed by atoms with Crippen LogP contribution in [-0.2, 0) is 13.0 Å². The molecule has 0 aliphatic rings. The Labute approximate surface area is 91.2 Å². The molecule has 0 amide bonds. The Morgan fingerprint density at radius 3 is 2.27 bits per heavy atom. The highest BCUT2D eigenvalue weighted by molar-refractivity contribution is 5.79. The van der Waals surface area contributed by atoms with Crippen LogP contribution in [0.4, 0.5) is 0 Å². The van der Waals surface area contributed by atoms with Crippen LogP contribution in [0.2, 0.25) is 0 Å². The molecule has 1 aromatic rings. The second-order valence-corrected chi connectivity index (χ2v) is 4.05. The molecule has 0 unspecified atom stereocenters. The van der Waals surface area contributed by atoms with Gasteiger partial charge in [-0.2, -0.15) is 0 Å². The lowest BCUT2D eigenvalue weighted by molar-refractivity contribution is 0.589. The molecule has 0 aromatic heterocycles. The van der Waals surface area contributed by atoms with Crippen LogP contribution in [0.15, 0.2) is 24.3 Å². The summed E-state index contributed by atoms with van der Waals surface area (Å²) >= 11 is 0. The van der Waals surface area contributed by atoms with E-state index in [1.807, 2.05) is 12.1 Å². The van der Waals surface area contributed by atoms with Crippen LogP contribution < -0.4 is 11.1 Å². The molecule has 0 fully saturated rings. The van der Waals surface area contributed by atoms with E-state index in [9.17, 15) is 0 Å². The molecule has 1 rings (SSSR count). The molecular formula is C12H19N3. The zero-order valence-corrected chi connectivity index (χ0v) is 9.38. The molecule has 3 heteroatoms. The number of nitrogens with two attached hydrogens (primary N) is 1. The molecule has 82 valence electrons. The summed E-state index contributed by atoms with van der Waals surface area (Å²) in [5.41, 5.74) is 7.69. The van der Waals surface area contributed by atoms with Crippen molar-refractivity contribution in [2.45, 2.75) is 32.9 Å². The fraction of sp³-hybridized carbons (Fsp3) is 0.417. The van der Waals surface area contributed by atoms with Gasteiger partial charge in [0.1, 0.15) is 0 Å². The third-order valence-electron chi connectivity index (χ3n) is 2.13. The Morgan fingerprint density at radius 2 is 1.80 bits per heavy atom. The van der Waals surface area contributed by atoms with Crippen molar-refractivity contribution < 1.29 is 0 Å². The fourth-order valence-electron chi connectivity index (χ4n) is 1.32. The molecule has 0 saturated carbocycles. The van der Waals surface area contributed by atoms with Gasteiger partial charge in [0.2, 0.25) is 0 Å². The van der Waals surface area contributed by atoms with Crippen molar-refractivity contribution in [2.75, 3.05) is 0 Å².